The lowest BCUT2D eigenvalue weighted by molar-refractivity contribution is -0.0801. The topological polar surface area (TPSA) is 9.23 Å². The predicted molar refractivity (Wildman–Crippen MR) is 121 cm³/mol. The van der Waals surface area contributed by atoms with Crippen molar-refractivity contribution in [3.8, 4) is 16.9 Å². The van der Waals surface area contributed by atoms with E-state index >= 15 is 0 Å². The second-order valence-corrected chi connectivity index (χ2v) is 8.61. The Labute approximate surface area is 184 Å². The first-order valence-corrected chi connectivity index (χ1v) is 11.5. The summed E-state index contributed by atoms with van der Waals surface area (Å²) in [6.07, 6.45) is 7.63. The normalized spacial score (nSPS) is 19.6. The molecule has 0 amide bonds. The molecule has 31 heavy (non-hydrogen) atoms. The van der Waals surface area contributed by atoms with Crippen molar-refractivity contribution in [3.63, 3.8) is 0 Å². The molecule has 0 radical (unpaired) electrons. The highest BCUT2D eigenvalue weighted by Crippen LogP contribution is 2.38. The van der Waals surface area contributed by atoms with Gasteiger partial charge in [-0.1, -0.05) is 69.0 Å². The lowest BCUT2D eigenvalue weighted by Gasteiger charge is -2.29. The maximum atomic E-state index is 12.1. The lowest BCUT2D eigenvalue weighted by Crippen LogP contribution is -2.13. The fourth-order valence-electron chi connectivity index (χ4n) is 4.48. The van der Waals surface area contributed by atoms with Gasteiger partial charge in [0.05, 0.1) is 0 Å². The van der Waals surface area contributed by atoms with Crippen LogP contribution in [0, 0.1) is 5.92 Å². The summed E-state index contributed by atoms with van der Waals surface area (Å²) in [4.78, 5) is 0. The van der Waals surface area contributed by atoms with Gasteiger partial charge in [-0.25, -0.2) is 0 Å². The van der Waals surface area contributed by atoms with Crippen molar-refractivity contribution >= 4 is 0 Å². The van der Waals surface area contributed by atoms with Crippen LogP contribution in [0.5, 0.6) is 5.75 Å². The minimum Gasteiger partial charge on any atom is -0.490 e. The first-order chi connectivity index (χ1) is 14.9. The largest absolute Gasteiger partial charge is 0.490 e. The van der Waals surface area contributed by atoms with E-state index in [-0.39, 0.29) is 12.7 Å². The number of halogens is 3. The summed E-state index contributed by atoms with van der Waals surface area (Å²) in [6, 6.07) is 16.3. The second kappa shape index (κ2) is 11.4. The molecule has 168 valence electrons. The summed E-state index contributed by atoms with van der Waals surface area (Å²) in [7, 11) is 0. The molecule has 0 atom stereocenters. The molecular formula is C27H33F3O. The Morgan fingerprint density at radius 2 is 1.48 bits per heavy atom. The molecular weight excluding hydrogens is 397 g/mol. The molecule has 1 fully saturated rings. The van der Waals surface area contributed by atoms with E-state index in [2.05, 4.69) is 31.2 Å². The predicted octanol–water partition coefficient (Wildman–Crippen LogP) is 8.71. The number of benzene rings is 2. The Kier molecular flexibility index (Phi) is 8.62. The molecule has 1 nitrogen and oxygen atoms in total. The smallest absolute Gasteiger partial charge is 0.409 e. The molecule has 0 aromatic heterocycles. The van der Waals surface area contributed by atoms with Gasteiger partial charge in [0.25, 0.3) is 0 Å². The van der Waals surface area contributed by atoms with Crippen LogP contribution in [0.4, 0.5) is 13.2 Å². The zero-order chi connectivity index (χ0) is 22.1. The number of hydrogen-bond donors (Lipinski definition) is 0. The first-order valence-electron chi connectivity index (χ1n) is 11.5. The lowest BCUT2D eigenvalue weighted by atomic mass is 9.77. The molecule has 4 heteroatoms. The Bertz CT molecular complexity index is 798. The number of alkyl halides is 3. The van der Waals surface area contributed by atoms with Gasteiger partial charge in [0.15, 0.2) is 0 Å². The maximum absolute atomic E-state index is 12.1. The molecule has 0 aliphatic heterocycles. The van der Waals surface area contributed by atoms with Crippen molar-refractivity contribution in [3.05, 3.63) is 66.2 Å². The average Bonchev–Trinajstić information content (AvgIpc) is 2.77. The van der Waals surface area contributed by atoms with Crippen LogP contribution in [-0.4, -0.2) is 12.8 Å². The van der Waals surface area contributed by atoms with Crippen LogP contribution >= 0.6 is 0 Å². The van der Waals surface area contributed by atoms with Crippen LogP contribution in [-0.2, 0) is 0 Å². The van der Waals surface area contributed by atoms with Gasteiger partial charge >= 0.3 is 6.18 Å². The van der Waals surface area contributed by atoms with Gasteiger partial charge in [0.1, 0.15) is 12.4 Å². The molecule has 0 N–H and O–H groups in total. The molecule has 0 unspecified atom stereocenters. The molecule has 0 saturated heterocycles. The molecule has 2 aromatic rings. The number of hydrogen-bond acceptors (Lipinski definition) is 1. The highest BCUT2D eigenvalue weighted by molar-refractivity contribution is 5.64. The maximum Gasteiger partial charge on any atom is 0.409 e. The number of allylic oxidation sites excluding steroid dienone is 1. The third kappa shape index (κ3) is 7.75. The zero-order valence-corrected chi connectivity index (χ0v) is 18.3. The molecule has 0 heterocycles. The van der Waals surface area contributed by atoms with Gasteiger partial charge in [-0.15, -0.1) is 0 Å². The van der Waals surface area contributed by atoms with Crippen molar-refractivity contribution in [1.82, 2.24) is 0 Å². The third-order valence-corrected chi connectivity index (χ3v) is 6.29. The molecule has 2 aromatic carbocycles. The van der Waals surface area contributed by atoms with Crippen molar-refractivity contribution in [1.29, 1.82) is 0 Å². The Morgan fingerprint density at radius 3 is 2.06 bits per heavy atom. The second-order valence-electron chi connectivity index (χ2n) is 8.61. The van der Waals surface area contributed by atoms with E-state index < -0.39 is 6.18 Å². The van der Waals surface area contributed by atoms with Gasteiger partial charge in [-0.2, -0.15) is 13.2 Å². The van der Waals surface area contributed by atoms with E-state index in [9.17, 15) is 13.2 Å². The SMILES string of the molecule is CCCCCC1CCC(c2ccc(-c3ccc(OC/C=C/C(F)(F)F)cc3)cc2)CC1. The monoisotopic (exact) mass is 430 g/mol. The Morgan fingerprint density at radius 1 is 0.871 bits per heavy atom. The van der Waals surface area contributed by atoms with Crippen molar-refractivity contribution < 1.29 is 17.9 Å². The van der Waals surface area contributed by atoms with Crippen LogP contribution in [0.1, 0.15) is 69.8 Å². The van der Waals surface area contributed by atoms with E-state index in [1.54, 1.807) is 12.1 Å². The molecule has 3 rings (SSSR count). The summed E-state index contributed by atoms with van der Waals surface area (Å²) >= 11 is 0. The van der Waals surface area contributed by atoms with Gasteiger partial charge in [0.2, 0.25) is 0 Å². The number of ether oxygens (including phenoxy) is 1. The number of unbranched alkanes of at least 4 members (excludes halogenated alkanes) is 2. The van der Waals surface area contributed by atoms with Gasteiger partial charge in [-0.05, 0) is 72.4 Å². The fourth-order valence-corrected chi connectivity index (χ4v) is 4.48. The minimum atomic E-state index is -4.30. The summed E-state index contributed by atoms with van der Waals surface area (Å²) in [6.45, 7) is 2.16. The van der Waals surface area contributed by atoms with Crippen LogP contribution < -0.4 is 4.74 Å². The molecule has 0 bridgehead atoms. The van der Waals surface area contributed by atoms with Gasteiger partial charge < -0.3 is 4.74 Å². The standard InChI is InChI=1S/C27H33F3O/c1-2-3-4-6-21-7-9-22(10-8-21)23-11-13-24(14-12-23)25-15-17-26(18-16-25)31-20-5-19-27(28,29)30/h5,11-19,21-22H,2-4,6-10,20H2,1H3/b19-5+. The highest BCUT2D eigenvalue weighted by atomic mass is 19.4. The third-order valence-electron chi connectivity index (χ3n) is 6.29. The Balaban J connectivity index is 1.49. The summed E-state index contributed by atoms with van der Waals surface area (Å²) in [5, 5.41) is 0. The van der Waals surface area contributed by atoms with Crippen LogP contribution in [0.3, 0.4) is 0 Å². The van der Waals surface area contributed by atoms with Crippen LogP contribution in [0.25, 0.3) is 11.1 Å². The Hall–Kier alpha value is -2.23. The van der Waals surface area contributed by atoms with Gasteiger partial charge in [0, 0.05) is 6.08 Å². The average molecular weight is 431 g/mol. The van der Waals surface area contributed by atoms with Crippen molar-refractivity contribution in [2.24, 2.45) is 5.92 Å². The molecule has 1 aliphatic rings. The first kappa shape index (κ1) is 23.4. The summed E-state index contributed by atoms with van der Waals surface area (Å²) in [5.74, 6) is 2.16. The van der Waals surface area contributed by atoms with E-state index in [0.29, 0.717) is 11.7 Å². The molecule has 0 spiro atoms. The van der Waals surface area contributed by atoms with E-state index in [1.165, 1.54) is 56.9 Å². The minimum absolute atomic E-state index is 0.103. The van der Waals surface area contributed by atoms with Crippen molar-refractivity contribution in [2.45, 2.75) is 70.4 Å². The quantitative estimate of drug-likeness (QED) is 0.285. The van der Waals surface area contributed by atoms with E-state index in [1.807, 2.05) is 12.1 Å². The highest BCUT2D eigenvalue weighted by Gasteiger charge is 2.22. The molecule has 1 aliphatic carbocycles. The van der Waals surface area contributed by atoms with E-state index in [4.69, 9.17) is 4.74 Å². The van der Waals surface area contributed by atoms with Crippen LogP contribution in [0.2, 0.25) is 0 Å². The zero-order valence-electron chi connectivity index (χ0n) is 18.3. The van der Waals surface area contributed by atoms with Crippen LogP contribution in [0.15, 0.2) is 60.7 Å². The fraction of sp³-hybridized carbons (Fsp3) is 0.481. The summed E-state index contributed by atoms with van der Waals surface area (Å²) < 4.78 is 41.6. The summed E-state index contributed by atoms with van der Waals surface area (Å²) in [5.41, 5.74) is 3.65. The van der Waals surface area contributed by atoms with E-state index in [0.717, 1.165) is 23.1 Å². The molecule has 1 saturated carbocycles. The van der Waals surface area contributed by atoms with Gasteiger partial charge in [-0.3, -0.25) is 0 Å². The number of rotatable bonds is 9. The van der Waals surface area contributed by atoms with Crippen molar-refractivity contribution in [2.75, 3.05) is 6.61 Å².